The van der Waals surface area contributed by atoms with Crippen molar-refractivity contribution >= 4 is 24.2 Å². The number of hydrogen-bond acceptors (Lipinski definition) is 5. The SMILES string of the molecule is COCC1(C(=O)NC2CCN(Cc3ccc(OC)cc3)C2=O)CCNCC1.Cl. The van der Waals surface area contributed by atoms with Gasteiger partial charge >= 0.3 is 0 Å². The highest BCUT2D eigenvalue weighted by Crippen LogP contribution is 2.30. The lowest BCUT2D eigenvalue weighted by Crippen LogP contribution is -2.53. The predicted octanol–water partition coefficient (Wildman–Crippen LogP) is 1.35. The largest absolute Gasteiger partial charge is 0.497 e. The number of hydrogen-bond donors (Lipinski definition) is 2. The summed E-state index contributed by atoms with van der Waals surface area (Å²) in [7, 11) is 3.25. The number of piperidine rings is 1. The van der Waals surface area contributed by atoms with E-state index in [9.17, 15) is 9.59 Å². The highest BCUT2D eigenvalue weighted by Gasteiger charge is 2.42. The zero-order valence-electron chi connectivity index (χ0n) is 16.5. The number of methoxy groups -OCH3 is 2. The summed E-state index contributed by atoms with van der Waals surface area (Å²) < 4.78 is 10.5. The van der Waals surface area contributed by atoms with E-state index >= 15 is 0 Å². The monoisotopic (exact) mass is 411 g/mol. The van der Waals surface area contributed by atoms with Crippen LogP contribution in [0.25, 0.3) is 0 Å². The summed E-state index contributed by atoms with van der Waals surface area (Å²) in [6.45, 7) is 3.16. The first-order valence-electron chi connectivity index (χ1n) is 9.50. The molecule has 2 aliphatic rings. The first kappa shape index (κ1) is 22.5. The molecule has 0 saturated carbocycles. The van der Waals surface area contributed by atoms with Crippen molar-refractivity contribution in [3.05, 3.63) is 29.8 Å². The molecule has 0 radical (unpaired) electrons. The van der Waals surface area contributed by atoms with E-state index in [-0.39, 0.29) is 24.2 Å². The minimum absolute atomic E-state index is 0. The summed E-state index contributed by atoms with van der Waals surface area (Å²) >= 11 is 0. The normalized spacial score (nSPS) is 21.1. The molecular weight excluding hydrogens is 382 g/mol. The number of likely N-dealkylation sites (tertiary alicyclic amines) is 1. The molecule has 1 atom stereocenters. The van der Waals surface area contributed by atoms with Gasteiger partial charge in [-0.05, 0) is 50.0 Å². The molecule has 0 aromatic heterocycles. The Morgan fingerprint density at radius 2 is 1.93 bits per heavy atom. The molecule has 2 aliphatic heterocycles. The molecule has 0 bridgehead atoms. The second kappa shape index (κ2) is 10.1. The lowest BCUT2D eigenvalue weighted by atomic mass is 9.78. The molecule has 0 aliphatic carbocycles. The van der Waals surface area contributed by atoms with Crippen molar-refractivity contribution in [3.8, 4) is 5.75 Å². The summed E-state index contributed by atoms with van der Waals surface area (Å²) in [5, 5.41) is 6.28. The lowest BCUT2D eigenvalue weighted by molar-refractivity contribution is -0.140. The van der Waals surface area contributed by atoms with Crippen molar-refractivity contribution in [1.29, 1.82) is 0 Å². The molecule has 8 heteroatoms. The van der Waals surface area contributed by atoms with Crippen molar-refractivity contribution in [2.45, 2.75) is 31.8 Å². The number of nitrogens with one attached hydrogen (secondary N) is 2. The van der Waals surface area contributed by atoms with Crippen LogP contribution in [0.2, 0.25) is 0 Å². The Bertz CT molecular complexity index is 656. The first-order valence-corrected chi connectivity index (χ1v) is 9.50. The Labute approximate surface area is 172 Å². The van der Waals surface area contributed by atoms with E-state index in [2.05, 4.69) is 10.6 Å². The number of halogens is 1. The Morgan fingerprint density at radius 1 is 1.25 bits per heavy atom. The van der Waals surface area contributed by atoms with Gasteiger partial charge in [-0.25, -0.2) is 0 Å². The molecular formula is C20H30ClN3O4. The Kier molecular flexibility index (Phi) is 8.10. The van der Waals surface area contributed by atoms with Crippen LogP contribution in [0.3, 0.4) is 0 Å². The Balaban J connectivity index is 0.00000280. The summed E-state index contributed by atoms with van der Waals surface area (Å²) in [6.07, 6.45) is 2.09. The van der Waals surface area contributed by atoms with Gasteiger partial charge in [0.2, 0.25) is 11.8 Å². The van der Waals surface area contributed by atoms with Crippen molar-refractivity contribution in [2.75, 3.05) is 40.5 Å². The molecule has 7 nitrogen and oxygen atoms in total. The topological polar surface area (TPSA) is 79.9 Å². The van der Waals surface area contributed by atoms with Crippen LogP contribution in [0.1, 0.15) is 24.8 Å². The quantitative estimate of drug-likeness (QED) is 0.708. The molecule has 3 rings (SSSR count). The fourth-order valence-corrected chi connectivity index (χ4v) is 3.91. The van der Waals surface area contributed by atoms with Crippen molar-refractivity contribution in [1.82, 2.24) is 15.5 Å². The molecule has 2 N–H and O–H groups in total. The standard InChI is InChI=1S/C20H29N3O4.ClH/c1-26-14-20(8-10-21-11-9-20)19(25)22-17-7-12-23(18(17)24)13-15-3-5-16(27-2)6-4-15;/h3-6,17,21H,7-14H2,1-2H3,(H,22,25);1H. The van der Waals surface area contributed by atoms with Gasteiger partial charge in [-0.1, -0.05) is 12.1 Å². The number of carbonyl (C=O) groups is 2. The third-order valence-electron chi connectivity index (χ3n) is 5.60. The smallest absolute Gasteiger partial charge is 0.245 e. The Hall–Kier alpha value is -1.83. The molecule has 1 aromatic rings. The highest BCUT2D eigenvalue weighted by atomic mass is 35.5. The number of nitrogens with zero attached hydrogens (tertiary/aromatic N) is 1. The van der Waals surface area contributed by atoms with Crippen LogP contribution in [0, 0.1) is 5.41 Å². The average Bonchev–Trinajstić information content (AvgIpc) is 3.03. The molecule has 1 aromatic carbocycles. The molecule has 0 spiro atoms. The van der Waals surface area contributed by atoms with Crippen LogP contribution >= 0.6 is 12.4 Å². The van der Waals surface area contributed by atoms with Crippen LogP contribution in [0.15, 0.2) is 24.3 Å². The van der Waals surface area contributed by atoms with Gasteiger partial charge in [0, 0.05) is 20.2 Å². The average molecular weight is 412 g/mol. The molecule has 156 valence electrons. The van der Waals surface area contributed by atoms with Crippen molar-refractivity contribution < 1.29 is 19.1 Å². The van der Waals surface area contributed by atoms with Crippen LogP contribution in [0.4, 0.5) is 0 Å². The van der Waals surface area contributed by atoms with E-state index in [4.69, 9.17) is 9.47 Å². The maximum atomic E-state index is 12.9. The van der Waals surface area contributed by atoms with E-state index in [1.165, 1.54) is 0 Å². The van der Waals surface area contributed by atoms with Crippen molar-refractivity contribution in [2.24, 2.45) is 5.41 Å². The van der Waals surface area contributed by atoms with Gasteiger partial charge in [0.15, 0.2) is 0 Å². The van der Waals surface area contributed by atoms with E-state index in [0.717, 1.165) is 37.2 Å². The van der Waals surface area contributed by atoms with Gasteiger partial charge in [-0.3, -0.25) is 9.59 Å². The fraction of sp³-hybridized carbons (Fsp3) is 0.600. The van der Waals surface area contributed by atoms with Gasteiger partial charge in [0.1, 0.15) is 11.8 Å². The first-order chi connectivity index (χ1) is 13.1. The van der Waals surface area contributed by atoms with E-state index in [0.29, 0.717) is 26.1 Å². The summed E-state index contributed by atoms with van der Waals surface area (Å²) in [5.74, 6) is 0.721. The van der Waals surface area contributed by atoms with Gasteiger partial charge in [-0.15, -0.1) is 12.4 Å². The molecule has 2 saturated heterocycles. The molecule has 2 amide bonds. The molecule has 2 fully saturated rings. The maximum Gasteiger partial charge on any atom is 0.245 e. The number of carbonyl (C=O) groups excluding carboxylic acids is 2. The van der Waals surface area contributed by atoms with Gasteiger partial charge < -0.3 is 25.0 Å². The molecule has 28 heavy (non-hydrogen) atoms. The fourth-order valence-electron chi connectivity index (χ4n) is 3.91. The number of benzene rings is 1. The lowest BCUT2D eigenvalue weighted by Gasteiger charge is -2.36. The van der Waals surface area contributed by atoms with E-state index in [1.807, 2.05) is 24.3 Å². The minimum atomic E-state index is -0.538. The highest BCUT2D eigenvalue weighted by molar-refractivity contribution is 5.91. The maximum absolute atomic E-state index is 12.9. The second-order valence-corrected chi connectivity index (χ2v) is 7.39. The number of rotatable bonds is 7. The zero-order chi connectivity index (χ0) is 19.3. The number of ether oxygens (including phenoxy) is 2. The third kappa shape index (κ3) is 4.96. The third-order valence-corrected chi connectivity index (χ3v) is 5.60. The van der Waals surface area contributed by atoms with Crippen LogP contribution in [-0.2, 0) is 20.9 Å². The van der Waals surface area contributed by atoms with Crippen LogP contribution in [-0.4, -0.2) is 63.2 Å². The van der Waals surface area contributed by atoms with Gasteiger partial charge in [-0.2, -0.15) is 0 Å². The summed E-state index contributed by atoms with van der Waals surface area (Å²) in [5.41, 5.74) is 0.509. The molecule has 1 unspecified atom stereocenters. The van der Waals surface area contributed by atoms with E-state index < -0.39 is 11.5 Å². The summed E-state index contributed by atoms with van der Waals surface area (Å²) in [6, 6.07) is 7.25. The minimum Gasteiger partial charge on any atom is -0.497 e. The van der Waals surface area contributed by atoms with Gasteiger partial charge in [0.05, 0.1) is 19.1 Å². The zero-order valence-corrected chi connectivity index (χ0v) is 17.3. The Morgan fingerprint density at radius 3 is 2.54 bits per heavy atom. The molecule has 2 heterocycles. The van der Waals surface area contributed by atoms with Crippen LogP contribution in [0.5, 0.6) is 5.75 Å². The van der Waals surface area contributed by atoms with Crippen LogP contribution < -0.4 is 15.4 Å². The summed E-state index contributed by atoms with van der Waals surface area (Å²) in [4.78, 5) is 27.5. The second-order valence-electron chi connectivity index (χ2n) is 7.39. The predicted molar refractivity (Wildman–Crippen MR) is 109 cm³/mol. The number of amides is 2. The van der Waals surface area contributed by atoms with E-state index in [1.54, 1.807) is 19.1 Å². The van der Waals surface area contributed by atoms with Crippen molar-refractivity contribution in [3.63, 3.8) is 0 Å². The van der Waals surface area contributed by atoms with Gasteiger partial charge in [0.25, 0.3) is 0 Å².